The molecular formula is C12H16N2O3S. The van der Waals surface area contributed by atoms with E-state index >= 15 is 0 Å². The van der Waals surface area contributed by atoms with E-state index in [1.54, 1.807) is 12.1 Å². The van der Waals surface area contributed by atoms with E-state index in [2.05, 4.69) is 10.3 Å². The monoisotopic (exact) mass is 268 g/mol. The quantitative estimate of drug-likeness (QED) is 0.856. The largest absolute Gasteiger partial charge is 0.348 e. The Morgan fingerprint density at radius 1 is 1.33 bits per heavy atom. The number of pyridine rings is 1. The molecule has 1 aliphatic heterocycles. The van der Waals surface area contributed by atoms with E-state index in [1.165, 1.54) is 0 Å². The summed E-state index contributed by atoms with van der Waals surface area (Å²) in [6, 6.07) is 5.19. The lowest BCUT2D eigenvalue weighted by Gasteiger charge is -2.22. The Morgan fingerprint density at radius 3 is 2.61 bits per heavy atom. The van der Waals surface area contributed by atoms with Gasteiger partial charge in [-0.2, -0.15) is 0 Å². The second-order valence-electron chi connectivity index (χ2n) is 4.56. The van der Waals surface area contributed by atoms with Crippen LogP contribution in [0.1, 0.15) is 29.0 Å². The van der Waals surface area contributed by atoms with Crippen molar-refractivity contribution < 1.29 is 13.2 Å². The van der Waals surface area contributed by atoms with Crippen molar-refractivity contribution in [1.29, 1.82) is 0 Å². The van der Waals surface area contributed by atoms with Gasteiger partial charge in [-0.1, -0.05) is 6.07 Å². The van der Waals surface area contributed by atoms with Crippen LogP contribution in [-0.2, 0) is 9.84 Å². The third-order valence-electron chi connectivity index (χ3n) is 3.01. The zero-order chi connectivity index (χ0) is 13.2. The first-order valence-electron chi connectivity index (χ1n) is 5.91. The second-order valence-corrected chi connectivity index (χ2v) is 6.87. The summed E-state index contributed by atoms with van der Waals surface area (Å²) in [4.78, 5) is 16.0. The standard InChI is InChI=1S/C12H16N2O3S/c1-9-3-2-4-11(13-9)12(15)14-10-5-7-18(16,17)8-6-10/h2-4,10H,5-8H2,1H3,(H,14,15). The van der Waals surface area contributed by atoms with Crippen molar-refractivity contribution in [3.8, 4) is 0 Å². The van der Waals surface area contributed by atoms with Gasteiger partial charge in [0, 0.05) is 11.7 Å². The molecule has 1 saturated heterocycles. The summed E-state index contributed by atoms with van der Waals surface area (Å²) >= 11 is 0. The summed E-state index contributed by atoms with van der Waals surface area (Å²) in [5, 5.41) is 2.83. The number of carbonyl (C=O) groups is 1. The highest BCUT2D eigenvalue weighted by atomic mass is 32.2. The molecule has 0 spiro atoms. The van der Waals surface area contributed by atoms with Crippen molar-refractivity contribution in [3.63, 3.8) is 0 Å². The van der Waals surface area contributed by atoms with Crippen molar-refractivity contribution in [2.75, 3.05) is 11.5 Å². The molecule has 1 fully saturated rings. The van der Waals surface area contributed by atoms with Crippen LogP contribution < -0.4 is 5.32 Å². The minimum Gasteiger partial charge on any atom is -0.348 e. The molecule has 2 heterocycles. The maximum Gasteiger partial charge on any atom is 0.270 e. The predicted octanol–water partition coefficient (Wildman–Crippen LogP) is 0.697. The molecule has 2 rings (SSSR count). The van der Waals surface area contributed by atoms with E-state index < -0.39 is 9.84 Å². The van der Waals surface area contributed by atoms with Gasteiger partial charge in [0.1, 0.15) is 15.5 Å². The number of sulfone groups is 1. The first-order chi connectivity index (χ1) is 8.46. The average Bonchev–Trinajstić information content (AvgIpc) is 2.32. The van der Waals surface area contributed by atoms with Gasteiger partial charge in [-0.15, -0.1) is 0 Å². The van der Waals surface area contributed by atoms with Crippen LogP contribution in [0.3, 0.4) is 0 Å². The van der Waals surface area contributed by atoms with E-state index in [0.29, 0.717) is 18.5 Å². The van der Waals surface area contributed by atoms with Crippen LogP contribution in [-0.4, -0.2) is 36.9 Å². The van der Waals surface area contributed by atoms with Gasteiger partial charge in [0.25, 0.3) is 5.91 Å². The van der Waals surface area contributed by atoms with E-state index in [4.69, 9.17) is 0 Å². The highest BCUT2D eigenvalue weighted by molar-refractivity contribution is 7.91. The Balaban J connectivity index is 1.97. The summed E-state index contributed by atoms with van der Waals surface area (Å²) in [7, 11) is -2.89. The molecule has 1 aliphatic rings. The second kappa shape index (κ2) is 5.06. The topological polar surface area (TPSA) is 76.1 Å². The third kappa shape index (κ3) is 3.29. The first kappa shape index (κ1) is 13.0. The first-order valence-corrected chi connectivity index (χ1v) is 7.73. The highest BCUT2D eigenvalue weighted by Crippen LogP contribution is 2.12. The van der Waals surface area contributed by atoms with Gasteiger partial charge in [0.2, 0.25) is 0 Å². The van der Waals surface area contributed by atoms with Crippen LogP contribution in [0.5, 0.6) is 0 Å². The molecule has 0 saturated carbocycles. The molecule has 1 aromatic heterocycles. The van der Waals surface area contributed by atoms with Crippen LogP contribution in [0.25, 0.3) is 0 Å². The fourth-order valence-electron chi connectivity index (χ4n) is 1.96. The van der Waals surface area contributed by atoms with Crippen molar-refractivity contribution in [2.45, 2.75) is 25.8 Å². The molecule has 1 aromatic rings. The third-order valence-corrected chi connectivity index (χ3v) is 4.73. The Morgan fingerprint density at radius 2 is 2.00 bits per heavy atom. The number of rotatable bonds is 2. The Labute approximate surface area is 107 Å². The molecule has 1 amide bonds. The van der Waals surface area contributed by atoms with Gasteiger partial charge in [0.15, 0.2) is 0 Å². The zero-order valence-corrected chi connectivity index (χ0v) is 11.0. The summed E-state index contributed by atoms with van der Waals surface area (Å²) in [5.41, 5.74) is 1.16. The number of aryl methyl sites for hydroxylation is 1. The van der Waals surface area contributed by atoms with Gasteiger partial charge < -0.3 is 5.32 Å². The molecule has 98 valence electrons. The van der Waals surface area contributed by atoms with Crippen molar-refractivity contribution >= 4 is 15.7 Å². The van der Waals surface area contributed by atoms with Crippen LogP contribution in [0.2, 0.25) is 0 Å². The maximum atomic E-state index is 11.9. The Hall–Kier alpha value is -1.43. The number of hydrogen-bond donors (Lipinski definition) is 1. The lowest BCUT2D eigenvalue weighted by Crippen LogP contribution is -2.41. The van der Waals surface area contributed by atoms with Crippen LogP contribution >= 0.6 is 0 Å². The maximum absolute atomic E-state index is 11.9. The number of nitrogens with one attached hydrogen (secondary N) is 1. The molecular weight excluding hydrogens is 252 g/mol. The van der Waals surface area contributed by atoms with Crippen molar-refractivity contribution in [3.05, 3.63) is 29.6 Å². The molecule has 0 aromatic carbocycles. The Kier molecular flexibility index (Phi) is 3.65. The molecule has 1 N–H and O–H groups in total. The minimum absolute atomic E-state index is 0.0664. The molecule has 6 heteroatoms. The summed E-state index contributed by atoms with van der Waals surface area (Å²) < 4.78 is 22.5. The molecule has 18 heavy (non-hydrogen) atoms. The highest BCUT2D eigenvalue weighted by Gasteiger charge is 2.25. The number of amides is 1. The number of aromatic nitrogens is 1. The SMILES string of the molecule is Cc1cccc(C(=O)NC2CCS(=O)(=O)CC2)n1. The van der Waals surface area contributed by atoms with Gasteiger partial charge in [0.05, 0.1) is 11.5 Å². The number of carbonyl (C=O) groups excluding carboxylic acids is 1. The Bertz CT molecular complexity index is 540. The van der Waals surface area contributed by atoms with Gasteiger partial charge in [-0.25, -0.2) is 13.4 Å². The molecule has 5 nitrogen and oxygen atoms in total. The van der Waals surface area contributed by atoms with Gasteiger partial charge in [-0.3, -0.25) is 4.79 Å². The van der Waals surface area contributed by atoms with Gasteiger partial charge >= 0.3 is 0 Å². The minimum atomic E-state index is -2.89. The number of hydrogen-bond acceptors (Lipinski definition) is 4. The molecule has 0 bridgehead atoms. The fraction of sp³-hybridized carbons (Fsp3) is 0.500. The normalized spacial score (nSPS) is 19.4. The molecule has 0 atom stereocenters. The lowest BCUT2D eigenvalue weighted by molar-refractivity contribution is 0.0929. The van der Waals surface area contributed by atoms with Crippen molar-refractivity contribution in [1.82, 2.24) is 10.3 Å². The smallest absolute Gasteiger partial charge is 0.270 e. The van der Waals surface area contributed by atoms with Crippen molar-refractivity contribution in [2.24, 2.45) is 0 Å². The predicted molar refractivity (Wildman–Crippen MR) is 68.1 cm³/mol. The molecule has 0 unspecified atom stereocenters. The van der Waals surface area contributed by atoms with E-state index in [0.717, 1.165) is 5.69 Å². The van der Waals surface area contributed by atoms with Crippen LogP contribution in [0.4, 0.5) is 0 Å². The van der Waals surface area contributed by atoms with E-state index in [1.807, 2.05) is 13.0 Å². The number of nitrogens with zero attached hydrogens (tertiary/aromatic N) is 1. The van der Waals surface area contributed by atoms with Gasteiger partial charge in [-0.05, 0) is 31.9 Å². The van der Waals surface area contributed by atoms with E-state index in [-0.39, 0.29) is 23.5 Å². The lowest BCUT2D eigenvalue weighted by atomic mass is 10.1. The van der Waals surface area contributed by atoms with Crippen LogP contribution in [0.15, 0.2) is 18.2 Å². The molecule has 0 aliphatic carbocycles. The average molecular weight is 268 g/mol. The summed E-state index contributed by atoms with van der Waals surface area (Å²) in [5.74, 6) is 0.0706. The summed E-state index contributed by atoms with van der Waals surface area (Å²) in [6.45, 7) is 1.82. The summed E-state index contributed by atoms with van der Waals surface area (Å²) in [6.07, 6.45) is 0.972. The fourth-order valence-corrected chi connectivity index (χ4v) is 3.45. The molecule has 0 radical (unpaired) electrons. The van der Waals surface area contributed by atoms with Crippen LogP contribution in [0, 0.1) is 6.92 Å². The van der Waals surface area contributed by atoms with E-state index in [9.17, 15) is 13.2 Å². The zero-order valence-electron chi connectivity index (χ0n) is 10.2.